The minimum absolute atomic E-state index is 0.0562. The molecule has 0 aliphatic carbocycles. The average molecular weight is 337 g/mol. The van der Waals surface area contributed by atoms with Gasteiger partial charge in [0.1, 0.15) is 0 Å². The molecule has 1 amide bonds. The van der Waals surface area contributed by atoms with Gasteiger partial charge in [-0.1, -0.05) is 6.07 Å². The average Bonchev–Trinajstić information content (AvgIpc) is 3.10. The topological polar surface area (TPSA) is 85.3 Å². The molecule has 1 heterocycles. The van der Waals surface area contributed by atoms with Gasteiger partial charge in [0.05, 0.1) is 32.3 Å². The molecule has 0 radical (unpaired) electrons. The van der Waals surface area contributed by atoms with E-state index in [-0.39, 0.29) is 25.0 Å². The number of carbonyl (C=O) groups is 2. The number of carboxylic acids is 1. The zero-order valence-electron chi connectivity index (χ0n) is 14.0. The first-order valence-electron chi connectivity index (χ1n) is 7.90. The molecule has 7 nitrogen and oxygen atoms in total. The van der Waals surface area contributed by atoms with Gasteiger partial charge >= 0.3 is 5.97 Å². The van der Waals surface area contributed by atoms with Crippen molar-refractivity contribution in [1.82, 2.24) is 4.90 Å². The van der Waals surface area contributed by atoms with Crippen LogP contribution in [0.15, 0.2) is 18.2 Å². The van der Waals surface area contributed by atoms with Gasteiger partial charge in [-0.05, 0) is 25.0 Å². The molecule has 1 atom stereocenters. The van der Waals surface area contributed by atoms with Gasteiger partial charge in [-0.25, -0.2) is 0 Å². The van der Waals surface area contributed by atoms with Crippen LogP contribution in [0.5, 0.6) is 11.5 Å². The highest BCUT2D eigenvalue weighted by Crippen LogP contribution is 2.31. The van der Waals surface area contributed by atoms with E-state index in [0.29, 0.717) is 30.2 Å². The first-order chi connectivity index (χ1) is 11.6. The van der Waals surface area contributed by atoms with Crippen molar-refractivity contribution >= 4 is 11.9 Å². The number of ether oxygens (including phenoxy) is 3. The van der Waals surface area contributed by atoms with Gasteiger partial charge in [-0.15, -0.1) is 0 Å². The van der Waals surface area contributed by atoms with Crippen molar-refractivity contribution in [2.45, 2.75) is 25.4 Å². The number of hydrogen-bond donors (Lipinski definition) is 1. The number of carboxylic acid groups (broad SMARTS) is 1. The molecule has 1 aliphatic rings. The fourth-order valence-electron chi connectivity index (χ4n) is 2.77. The summed E-state index contributed by atoms with van der Waals surface area (Å²) >= 11 is 0. The number of rotatable bonds is 8. The molecule has 1 saturated heterocycles. The SMILES string of the molecule is COc1cccc(C(=O)N(CCC(=O)O)C[C@@H]2CCCO2)c1OC. The molecule has 24 heavy (non-hydrogen) atoms. The van der Waals surface area contributed by atoms with Gasteiger partial charge in [-0.2, -0.15) is 0 Å². The van der Waals surface area contributed by atoms with Gasteiger partial charge in [0.15, 0.2) is 11.5 Å². The minimum Gasteiger partial charge on any atom is -0.493 e. The molecule has 7 heteroatoms. The van der Waals surface area contributed by atoms with Crippen LogP contribution in [0.4, 0.5) is 0 Å². The number of nitrogens with zero attached hydrogens (tertiary/aromatic N) is 1. The third-order valence-electron chi connectivity index (χ3n) is 3.96. The van der Waals surface area contributed by atoms with Crippen molar-refractivity contribution in [2.24, 2.45) is 0 Å². The fourth-order valence-corrected chi connectivity index (χ4v) is 2.77. The highest BCUT2D eigenvalue weighted by atomic mass is 16.5. The monoisotopic (exact) mass is 337 g/mol. The van der Waals surface area contributed by atoms with E-state index in [1.54, 1.807) is 18.2 Å². The van der Waals surface area contributed by atoms with E-state index >= 15 is 0 Å². The Kier molecular flexibility index (Phi) is 6.43. The summed E-state index contributed by atoms with van der Waals surface area (Å²) < 4.78 is 16.1. The highest BCUT2D eigenvalue weighted by molar-refractivity contribution is 5.98. The van der Waals surface area contributed by atoms with Crippen molar-refractivity contribution in [2.75, 3.05) is 33.9 Å². The van der Waals surface area contributed by atoms with Gasteiger partial charge in [0.25, 0.3) is 5.91 Å². The predicted molar refractivity (Wildman–Crippen MR) is 86.7 cm³/mol. The van der Waals surface area contributed by atoms with Crippen LogP contribution in [0.2, 0.25) is 0 Å². The van der Waals surface area contributed by atoms with Gasteiger partial charge in [-0.3, -0.25) is 9.59 Å². The minimum atomic E-state index is -0.947. The Hall–Kier alpha value is -2.28. The summed E-state index contributed by atoms with van der Waals surface area (Å²) in [6.45, 7) is 1.16. The van der Waals surface area contributed by atoms with Gasteiger partial charge in [0.2, 0.25) is 0 Å². The largest absolute Gasteiger partial charge is 0.493 e. The molecule has 1 fully saturated rings. The number of amides is 1. The summed E-state index contributed by atoms with van der Waals surface area (Å²) in [5.74, 6) is -0.434. The standard InChI is InChI=1S/C17H23NO6/c1-22-14-7-3-6-13(16(14)23-2)17(21)18(9-8-15(19)20)11-12-5-4-10-24-12/h3,6-7,12H,4-5,8-11H2,1-2H3,(H,19,20)/t12-/m0/s1. The molecule has 0 aromatic heterocycles. The highest BCUT2D eigenvalue weighted by Gasteiger charge is 2.26. The molecular formula is C17H23NO6. The lowest BCUT2D eigenvalue weighted by atomic mass is 10.1. The summed E-state index contributed by atoms with van der Waals surface area (Å²) in [6, 6.07) is 5.06. The third kappa shape index (κ3) is 4.38. The van der Waals surface area contributed by atoms with Crippen molar-refractivity contribution < 1.29 is 28.9 Å². The lowest BCUT2D eigenvalue weighted by molar-refractivity contribution is -0.137. The Bertz CT molecular complexity index is 582. The molecule has 0 spiro atoms. The lowest BCUT2D eigenvalue weighted by Crippen LogP contribution is -2.39. The zero-order valence-corrected chi connectivity index (χ0v) is 14.0. The smallest absolute Gasteiger partial charge is 0.305 e. The summed E-state index contributed by atoms with van der Waals surface area (Å²) in [5, 5.41) is 8.94. The molecule has 0 unspecified atom stereocenters. The molecule has 1 aliphatic heterocycles. The second kappa shape index (κ2) is 8.54. The van der Waals surface area contributed by atoms with Crippen LogP contribution in [0.3, 0.4) is 0 Å². The van der Waals surface area contributed by atoms with Gasteiger partial charge < -0.3 is 24.2 Å². The fraction of sp³-hybridized carbons (Fsp3) is 0.529. The Morgan fingerprint density at radius 1 is 1.33 bits per heavy atom. The van der Waals surface area contributed by atoms with E-state index < -0.39 is 5.97 Å². The summed E-state index contributed by atoms with van der Waals surface area (Å²) in [7, 11) is 2.97. The maximum absolute atomic E-state index is 12.9. The number of benzene rings is 1. The van der Waals surface area contributed by atoms with Gasteiger partial charge in [0, 0.05) is 19.7 Å². The van der Waals surface area contributed by atoms with E-state index in [4.69, 9.17) is 19.3 Å². The first-order valence-corrected chi connectivity index (χ1v) is 7.90. The molecule has 0 saturated carbocycles. The number of aliphatic carboxylic acids is 1. The van der Waals surface area contributed by atoms with Crippen molar-refractivity contribution in [3.8, 4) is 11.5 Å². The van der Waals surface area contributed by atoms with Crippen molar-refractivity contribution in [3.05, 3.63) is 23.8 Å². The third-order valence-corrected chi connectivity index (χ3v) is 3.96. The van der Waals surface area contributed by atoms with E-state index in [1.807, 2.05) is 0 Å². The number of methoxy groups -OCH3 is 2. The molecule has 2 rings (SSSR count). The van der Waals surface area contributed by atoms with Crippen LogP contribution in [0, 0.1) is 0 Å². The summed E-state index contributed by atoms with van der Waals surface area (Å²) in [6.07, 6.45) is 1.64. The number of para-hydroxylation sites is 1. The van der Waals surface area contributed by atoms with E-state index in [0.717, 1.165) is 12.8 Å². The quantitative estimate of drug-likeness (QED) is 0.778. The number of hydrogen-bond acceptors (Lipinski definition) is 5. The maximum Gasteiger partial charge on any atom is 0.305 e. The normalized spacial score (nSPS) is 16.7. The first kappa shape index (κ1) is 18.1. The Balaban J connectivity index is 2.23. The molecule has 1 aromatic carbocycles. The Morgan fingerprint density at radius 3 is 2.71 bits per heavy atom. The summed E-state index contributed by atoms with van der Waals surface area (Å²) in [5.41, 5.74) is 0.347. The Labute approximate surface area is 141 Å². The number of carbonyl (C=O) groups excluding carboxylic acids is 1. The van der Waals surface area contributed by atoms with Crippen LogP contribution in [-0.4, -0.2) is 61.9 Å². The predicted octanol–water partition coefficient (Wildman–Crippen LogP) is 1.80. The molecule has 1 aromatic rings. The van der Waals surface area contributed by atoms with Crippen LogP contribution in [0.25, 0.3) is 0 Å². The Morgan fingerprint density at radius 2 is 2.12 bits per heavy atom. The lowest BCUT2D eigenvalue weighted by Gasteiger charge is -2.26. The second-order valence-corrected chi connectivity index (χ2v) is 5.57. The second-order valence-electron chi connectivity index (χ2n) is 5.57. The van der Waals surface area contributed by atoms with Crippen molar-refractivity contribution in [1.29, 1.82) is 0 Å². The zero-order chi connectivity index (χ0) is 17.5. The van der Waals surface area contributed by atoms with Crippen molar-refractivity contribution in [3.63, 3.8) is 0 Å². The van der Waals surface area contributed by atoms with Crippen LogP contribution in [-0.2, 0) is 9.53 Å². The molecular weight excluding hydrogens is 314 g/mol. The summed E-state index contributed by atoms with van der Waals surface area (Å²) in [4.78, 5) is 25.4. The maximum atomic E-state index is 12.9. The van der Waals surface area contributed by atoms with E-state index in [2.05, 4.69) is 0 Å². The molecule has 132 valence electrons. The molecule has 1 N–H and O–H groups in total. The molecule has 0 bridgehead atoms. The van der Waals surface area contributed by atoms with Crippen LogP contribution < -0.4 is 9.47 Å². The van der Waals surface area contributed by atoms with E-state index in [1.165, 1.54) is 19.1 Å². The van der Waals surface area contributed by atoms with Crippen LogP contribution >= 0.6 is 0 Å². The van der Waals surface area contributed by atoms with Crippen LogP contribution in [0.1, 0.15) is 29.6 Å². The van der Waals surface area contributed by atoms with E-state index in [9.17, 15) is 9.59 Å².